The summed E-state index contributed by atoms with van der Waals surface area (Å²) in [6.45, 7) is 4.21. The highest BCUT2D eigenvalue weighted by Gasteiger charge is 2.23. The Labute approximate surface area is 155 Å². The van der Waals surface area contributed by atoms with Crippen LogP contribution >= 0.6 is 11.3 Å². The first-order valence-corrected chi connectivity index (χ1v) is 9.68. The van der Waals surface area contributed by atoms with Gasteiger partial charge in [-0.2, -0.15) is 0 Å². The molecule has 26 heavy (non-hydrogen) atoms. The highest BCUT2D eigenvalue weighted by molar-refractivity contribution is 7.09. The van der Waals surface area contributed by atoms with Crippen molar-refractivity contribution < 1.29 is 4.79 Å². The Bertz CT molecular complexity index is 965. The van der Waals surface area contributed by atoms with Crippen LogP contribution in [-0.4, -0.2) is 51.0 Å². The monoisotopic (exact) mass is 370 g/mol. The predicted molar refractivity (Wildman–Crippen MR) is 103 cm³/mol. The van der Waals surface area contributed by atoms with Gasteiger partial charge in [0.05, 0.1) is 11.0 Å². The lowest BCUT2D eigenvalue weighted by Gasteiger charge is -2.34. The Balaban J connectivity index is 1.42. The van der Waals surface area contributed by atoms with Gasteiger partial charge in [-0.25, -0.2) is 4.79 Å². The van der Waals surface area contributed by atoms with Gasteiger partial charge in [-0.05, 0) is 23.6 Å². The number of carbonyl (C=O) groups is 1. The van der Waals surface area contributed by atoms with E-state index >= 15 is 0 Å². The van der Waals surface area contributed by atoms with Gasteiger partial charge in [0, 0.05) is 44.6 Å². The molecular weight excluding hydrogens is 348 g/mol. The molecule has 6 nitrogen and oxygen atoms in total. The van der Waals surface area contributed by atoms with Gasteiger partial charge < -0.3 is 4.90 Å². The van der Waals surface area contributed by atoms with Crippen LogP contribution in [0.3, 0.4) is 0 Å². The van der Waals surface area contributed by atoms with E-state index in [0.717, 1.165) is 30.7 Å². The Morgan fingerprint density at radius 1 is 1.04 bits per heavy atom. The van der Waals surface area contributed by atoms with Crippen LogP contribution < -0.4 is 5.69 Å². The van der Waals surface area contributed by atoms with Crippen molar-refractivity contribution in [3.8, 4) is 0 Å². The van der Waals surface area contributed by atoms with Crippen molar-refractivity contribution >= 4 is 28.3 Å². The minimum absolute atomic E-state index is 0.0132. The fraction of sp³-hybridized carbons (Fsp3) is 0.368. The predicted octanol–water partition coefficient (Wildman–Crippen LogP) is 1.75. The summed E-state index contributed by atoms with van der Waals surface area (Å²) in [6, 6.07) is 11.8. The Morgan fingerprint density at radius 2 is 1.77 bits per heavy atom. The summed E-state index contributed by atoms with van der Waals surface area (Å²) in [5.41, 5.74) is 1.52. The third-order valence-electron chi connectivity index (χ3n) is 5.03. The fourth-order valence-electron chi connectivity index (χ4n) is 3.53. The average molecular weight is 370 g/mol. The van der Waals surface area contributed by atoms with Crippen LogP contribution in [0.1, 0.15) is 4.88 Å². The maximum atomic E-state index is 12.7. The first kappa shape index (κ1) is 17.1. The van der Waals surface area contributed by atoms with Crippen LogP contribution in [-0.2, 0) is 24.9 Å². The molecule has 1 aromatic carbocycles. The van der Waals surface area contributed by atoms with Gasteiger partial charge in [0.1, 0.15) is 6.54 Å². The molecule has 0 spiro atoms. The molecule has 1 amide bonds. The zero-order chi connectivity index (χ0) is 18.1. The molecule has 0 unspecified atom stereocenters. The second kappa shape index (κ2) is 7.09. The standard InChI is InChI=1S/C19H22N4O2S/c1-20-16-6-2-3-7-17(16)23(19(20)25)14-18(24)22-10-8-21(9-11-22)13-15-5-4-12-26-15/h2-7,12H,8-11,13-14H2,1H3. The molecule has 1 aliphatic rings. The van der Waals surface area contributed by atoms with Crippen LogP contribution in [0.2, 0.25) is 0 Å². The van der Waals surface area contributed by atoms with Crippen molar-refractivity contribution in [3.63, 3.8) is 0 Å². The molecule has 4 rings (SSSR count). The molecule has 7 heteroatoms. The first-order valence-electron chi connectivity index (χ1n) is 8.80. The third-order valence-corrected chi connectivity index (χ3v) is 5.89. The van der Waals surface area contributed by atoms with Crippen LogP contribution in [0.15, 0.2) is 46.6 Å². The zero-order valence-electron chi connectivity index (χ0n) is 14.8. The number of fused-ring (bicyclic) bond motifs is 1. The molecule has 2 aromatic heterocycles. The Hall–Kier alpha value is -2.38. The first-order chi connectivity index (χ1) is 12.6. The van der Waals surface area contributed by atoms with Crippen molar-refractivity contribution in [2.24, 2.45) is 7.05 Å². The highest BCUT2D eigenvalue weighted by Crippen LogP contribution is 2.15. The largest absolute Gasteiger partial charge is 0.339 e. The Morgan fingerprint density at radius 3 is 2.46 bits per heavy atom. The topological polar surface area (TPSA) is 50.5 Å². The number of para-hydroxylation sites is 2. The molecule has 0 bridgehead atoms. The quantitative estimate of drug-likeness (QED) is 0.703. The summed E-state index contributed by atoms with van der Waals surface area (Å²) < 4.78 is 3.18. The summed E-state index contributed by atoms with van der Waals surface area (Å²) in [6.07, 6.45) is 0. The summed E-state index contributed by atoms with van der Waals surface area (Å²) in [5.74, 6) is 0.0132. The number of carbonyl (C=O) groups excluding carboxylic acids is 1. The molecule has 0 N–H and O–H groups in total. The van der Waals surface area contributed by atoms with E-state index in [1.807, 2.05) is 29.2 Å². The van der Waals surface area contributed by atoms with Gasteiger partial charge in [-0.1, -0.05) is 18.2 Å². The van der Waals surface area contributed by atoms with Crippen LogP contribution in [0, 0.1) is 0 Å². The van der Waals surface area contributed by atoms with Gasteiger partial charge in [0.2, 0.25) is 5.91 Å². The lowest BCUT2D eigenvalue weighted by atomic mass is 10.3. The molecule has 3 heterocycles. The molecule has 1 fully saturated rings. The second-order valence-corrected chi connectivity index (χ2v) is 7.68. The lowest BCUT2D eigenvalue weighted by molar-refractivity contribution is -0.133. The van der Waals surface area contributed by atoms with E-state index in [4.69, 9.17) is 0 Å². The van der Waals surface area contributed by atoms with E-state index < -0.39 is 0 Å². The Kier molecular flexibility index (Phi) is 4.65. The number of imidazole rings is 1. The maximum Gasteiger partial charge on any atom is 0.329 e. The van der Waals surface area contributed by atoms with Crippen LogP contribution in [0.4, 0.5) is 0 Å². The van der Waals surface area contributed by atoms with E-state index in [1.165, 1.54) is 4.88 Å². The molecule has 136 valence electrons. The second-order valence-electron chi connectivity index (χ2n) is 6.65. The van der Waals surface area contributed by atoms with E-state index in [0.29, 0.717) is 13.1 Å². The zero-order valence-corrected chi connectivity index (χ0v) is 15.6. The molecule has 0 radical (unpaired) electrons. The molecule has 0 atom stereocenters. The average Bonchev–Trinajstić information content (AvgIpc) is 3.25. The van der Waals surface area contributed by atoms with E-state index in [-0.39, 0.29) is 18.1 Å². The number of nitrogens with zero attached hydrogens (tertiary/aromatic N) is 4. The summed E-state index contributed by atoms with van der Waals surface area (Å²) in [7, 11) is 1.75. The van der Waals surface area contributed by atoms with Gasteiger partial charge in [0.15, 0.2) is 0 Å². The summed E-state index contributed by atoms with van der Waals surface area (Å²) in [4.78, 5) is 30.8. The molecule has 3 aromatic rings. The van der Waals surface area contributed by atoms with E-state index in [9.17, 15) is 9.59 Å². The minimum Gasteiger partial charge on any atom is -0.339 e. The van der Waals surface area contributed by atoms with Gasteiger partial charge in [-0.3, -0.25) is 18.8 Å². The van der Waals surface area contributed by atoms with E-state index in [1.54, 1.807) is 27.5 Å². The molecular formula is C19H22N4O2S. The molecule has 1 aliphatic heterocycles. The summed E-state index contributed by atoms with van der Waals surface area (Å²) in [5, 5.41) is 2.09. The molecule has 0 aliphatic carbocycles. The number of rotatable bonds is 4. The van der Waals surface area contributed by atoms with Gasteiger partial charge in [0.25, 0.3) is 0 Å². The molecule has 0 saturated carbocycles. The minimum atomic E-state index is -0.143. The van der Waals surface area contributed by atoms with Gasteiger partial charge >= 0.3 is 5.69 Å². The fourth-order valence-corrected chi connectivity index (χ4v) is 4.28. The van der Waals surface area contributed by atoms with Gasteiger partial charge in [-0.15, -0.1) is 11.3 Å². The smallest absolute Gasteiger partial charge is 0.329 e. The van der Waals surface area contributed by atoms with Crippen molar-refractivity contribution in [3.05, 3.63) is 57.1 Å². The number of hydrogen-bond acceptors (Lipinski definition) is 4. The number of thiophene rings is 1. The molecule has 1 saturated heterocycles. The normalized spacial score (nSPS) is 15.7. The third kappa shape index (κ3) is 3.20. The van der Waals surface area contributed by atoms with Crippen molar-refractivity contribution in [1.29, 1.82) is 0 Å². The summed E-state index contributed by atoms with van der Waals surface area (Å²) >= 11 is 1.77. The van der Waals surface area contributed by atoms with Crippen molar-refractivity contribution in [2.75, 3.05) is 26.2 Å². The number of aromatic nitrogens is 2. The highest BCUT2D eigenvalue weighted by atomic mass is 32.1. The van der Waals surface area contributed by atoms with Crippen LogP contribution in [0.5, 0.6) is 0 Å². The number of hydrogen-bond donors (Lipinski definition) is 0. The van der Waals surface area contributed by atoms with Crippen molar-refractivity contribution in [1.82, 2.24) is 18.9 Å². The number of amides is 1. The van der Waals surface area contributed by atoms with E-state index in [2.05, 4.69) is 22.4 Å². The number of piperazine rings is 1. The number of benzene rings is 1. The van der Waals surface area contributed by atoms with Crippen molar-refractivity contribution in [2.45, 2.75) is 13.1 Å². The maximum absolute atomic E-state index is 12.7. The van der Waals surface area contributed by atoms with Crippen LogP contribution in [0.25, 0.3) is 11.0 Å². The SMILES string of the molecule is Cn1c(=O)n(CC(=O)N2CCN(Cc3cccs3)CC2)c2ccccc21. The lowest BCUT2D eigenvalue weighted by Crippen LogP contribution is -2.49. The number of aryl methyl sites for hydroxylation is 1.